The summed E-state index contributed by atoms with van der Waals surface area (Å²) in [6, 6.07) is 7.77. The van der Waals surface area contributed by atoms with Crippen LogP contribution in [0.5, 0.6) is 0 Å². The number of alkyl halides is 6. The fraction of sp³-hybridized carbons (Fsp3) is 0.133. The van der Waals surface area contributed by atoms with Gasteiger partial charge in [0.05, 0.1) is 22.8 Å². The number of nitrogens with zero attached hydrogens (tertiary/aromatic N) is 1. The Morgan fingerprint density at radius 3 is 1.82 bits per heavy atom. The molecule has 0 heterocycles. The molecule has 114 valence electrons. The second-order valence-electron chi connectivity index (χ2n) is 4.45. The van der Waals surface area contributed by atoms with Crippen molar-refractivity contribution in [1.29, 1.82) is 5.26 Å². The maximum Gasteiger partial charge on any atom is 0.417 e. The zero-order valence-corrected chi connectivity index (χ0v) is 10.8. The van der Waals surface area contributed by atoms with E-state index in [-0.39, 0.29) is 16.7 Å². The van der Waals surface area contributed by atoms with E-state index in [4.69, 9.17) is 5.26 Å². The minimum absolute atomic E-state index is 0.0112. The maximum atomic E-state index is 13.0. The number of hydrogen-bond acceptors (Lipinski definition) is 1. The van der Waals surface area contributed by atoms with E-state index in [0.717, 1.165) is 30.3 Å². The number of rotatable bonds is 1. The summed E-state index contributed by atoms with van der Waals surface area (Å²) in [5.74, 6) is 0. The van der Waals surface area contributed by atoms with E-state index in [1.54, 1.807) is 6.07 Å². The first-order valence-electron chi connectivity index (χ1n) is 5.92. The summed E-state index contributed by atoms with van der Waals surface area (Å²) >= 11 is 0. The van der Waals surface area contributed by atoms with Crippen LogP contribution in [0.3, 0.4) is 0 Å². The van der Waals surface area contributed by atoms with Gasteiger partial charge in [0.2, 0.25) is 0 Å². The molecule has 0 atom stereocenters. The van der Waals surface area contributed by atoms with Gasteiger partial charge in [0.1, 0.15) is 0 Å². The molecule has 0 saturated heterocycles. The van der Waals surface area contributed by atoms with Crippen LogP contribution in [-0.2, 0) is 12.4 Å². The third kappa shape index (κ3) is 3.22. The van der Waals surface area contributed by atoms with Crippen molar-refractivity contribution >= 4 is 0 Å². The van der Waals surface area contributed by atoms with Crippen molar-refractivity contribution in [1.82, 2.24) is 0 Å². The van der Waals surface area contributed by atoms with Crippen molar-refractivity contribution in [2.45, 2.75) is 12.4 Å². The van der Waals surface area contributed by atoms with Crippen LogP contribution in [0.1, 0.15) is 16.7 Å². The molecule has 1 nitrogen and oxygen atoms in total. The molecule has 2 rings (SSSR count). The Morgan fingerprint density at radius 1 is 0.773 bits per heavy atom. The summed E-state index contributed by atoms with van der Waals surface area (Å²) in [5, 5.41) is 8.77. The molecule has 0 radical (unpaired) electrons. The van der Waals surface area contributed by atoms with E-state index in [1.807, 2.05) is 0 Å². The fourth-order valence-electron chi connectivity index (χ4n) is 1.94. The Kier molecular flexibility index (Phi) is 3.88. The quantitative estimate of drug-likeness (QED) is 0.658. The molecular weight excluding hydrogens is 308 g/mol. The first kappa shape index (κ1) is 15.9. The summed E-state index contributed by atoms with van der Waals surface area (Å²) in [7, 11) is 0. The molecule has 0 aliphatic carbocycles. The Morgan fingerprint density at radius 2 is 1.36 bits per heavy atom. The van der Waals surface area contributed by atoms with Crippen LogP contribution in [-0.4, -0.2) is 0 Å². The first-order valence-corrected chi connectivity index (χ1v) is 5.92. The van der Waals surface area contributed by atoms with Gasteiger partial charge < -0.3 is 0 Å². The molecule has 0 saturated carbocycles. The van der Waals surface area contributed by atoms with Gasteiger partial charge in [-0.3, -0.25) is 0 Å². The Hall–Kier alpha value is -2.49. The Balaban J connectivity index is 2.58. The Labute approximate surface area is 121 Å². The molecule has 7 heteroatoms. The monoisotopic (exact) mass is 315 g/mol. The van der Waals surface area contributed by atoms with E-state index in [2.05, 4.69) is 0 Å². The van der Waals surface area contributed by atoms with Crippen molar-refractivity contribution in [2.24, 2.45) is 0 Å². The lowest BCUT2D eigenvalue weighted by Crippen LogP contribution is -2.08. The molecule has 0 aromatic heterocycles. The molecule has 2 aromatic carbocycles. The first-order chi connectivity index (χ1) is 10.1. The summed E-state index contributed by atoms with van der Waals surface area (Å²) < 4.78 is 76.4. The summed E-state index contributed by atoms with van der Waals surface area (Å²) in [6.07, 6.45) is -9.24. The van der Waals surface area contributed by atoms with E-state index in [1.165, 1.54) is 0 Å². The zero-order chi connectivity index (χ0) is 16.5. The molecule has 0 aliphatic rings. The molecule has 22 heavy (non-hydrogen) atoms. The zero-order valence-electron chi connectivity index (χ0n) is 10.8. The second-order valence-corrected chi connectivity index (χ2v) is 4.45. The van der Waals surface area contributed by atoms with Gasteiger partial charge in [0.15, 0.2) is 0 Å². The lowest BCUT2D eigenvalue weighted by atomic mass is 9.96. The SMILES string of the molecule is N#Cc1ccc(C(F)(F)F)c(-c2ccc(C(F)(F)F)cc2)c1. The highest BCUT2D eigenvalue weighted by atomic mass is 19.4. The van der Waals surface area contributed by atoms with Gasteiger partial charge in [-0.05, 0) is 41.5 Å². The Bertz CT molecular complexity index is 720. The molecule has 0 aliphatic heterocycles. The molecule has 2 aromatic rings. The van der Waals surface area contributed by atoms with Crippen LogP contribution in [0.4, 0.5) is 26.3 Å². The summed E-state index contributed by atoms with van der Waals surface area (Å²) in [5.41, 5.74) is -2.35. The average Bonchev–Trinajstić information content (AvgIpc) is 2.45. The minimum atomic E-state index is -4.67. The van der Waals surface area contributed by atoms with E-state index in [0.29, 0.717) is 12.1 Å². The number of halogens is 6. The van der Waals surface area contributed by atoms with Crippen LogP contribution in [0.15, 0.2) is 42.5 Å². The normalized spacial score (nSPS) is 12.0. The summed E-state index contributed by atoms with van der Waals surface area (Å²) in [6.45, 7) is 0. The van der Waals surface area contributed by atoms with Crippen molar-refractivity contribution < 1.29 is 26.3 Å². The van der Waals surface area contributed by atoms with Gasteiger partial charge in [0.25, 0.3) is 0 Å². The fourth-order valence-corrected chi connectivity index (χ4v) is 1.94. The second kappa shape index (κ2) is 5.37. The molecule has 0 bridgehead atoms. The third-order valence-corrected chi connectivity index (χ3v) is 2.98. The van der Waals surface area contributed by atoms with Crippen LogP contribution in [0.2, 0.25) is 0 Å². The lowest BCUT2D eigenvalue weighted by molar-refractivity contribution is -0.138. The smallest absolute Gasteiger partial charge is 0.192 e. The van der Waals surface area contributed by atoms with Crippen molar-refractivity contribution in [2.75, 3.05) is 0 Å². The predicted molar refractivity (Wildman–Crippen MR) is 66.6 cm³/mol. The van der Waals surface area contributed by atoms with E-state index in [9.17, 15) is 26.3 Å². The highest BCUT2D eigenvalue weighted by molar-refractivity contribution is 5.70. The standard InChI is InChI=1S/C15H7F6N/c16-14(17,18)11-4-2-10(3-5-11)12-7-9(8-22)1-6-13(12)15(19,20)21/h1-7H. The molecule has 0 N–H and O–H groups in total. The van der Waals surface area contributed by atoms with E-state index >= 15 is 0 Å². The minimum Gasteiger partial charge on any atom is -0.192 e. The van der Waals surface area contributed by atoms with Crippen LogP contribution in [0.25, 0.3) is 11.1 Å². The number of benzene rings is 2. The molecule has 0 unspecified atom stereocenters. The summed E-state index contributed by atoms with van der Waals surface area (Å²) in [4.78, 5) is 0. The molecule has 0 fully saturated rings. The average molecular weight is 315 g/mol. The topological polar surface area (TPSA) is 23.8 Å². The van der Waals surface area contributed by atoms with Gasteiger partial charge in [-0.15, -0.1) is 0 Å². The largest absolute Gasteiger partial charge is 0.417 e. The molecular formula is C15H7F6N. The third-order valence-electron chi connectivity index (χ3n) is 2.98. The van der Waals surface area contributed by atoms with Crippen LogP contribution in [0, 0.1) is 11.3 Å². The van der Waals surface area contributed by atoms with E-state index < -0.39 is 23.5 Å². The van der Waals surface area contributed by atoms with Crippen LogP contribution < -0.4 is 0 Å². The van der Waals surface area contributed by atoms with Gasteiger partial charge in [0, 0.05) is 0 Å². The van der Waals surface area contributed by atoms with Crippen molar-refractivity contribution in [3.8, 4) is 17.2 Å². The molecule has 0 spiro atoms. The van der Waals surface area contributed by atoms with Gasteiger partial charge in [-0.25, -0.2) is 0 Å². The van der Waals surface area contributed by atoms with Gasteiger partial charge >= 0.3 is 12.4 Å². The van der Waals surface area contributed by atoms with Gasteiger partial charge in [-0.2, -0.15) is 31.6 Å². The van der Waals surface area contributed by atoms with Gasteiger partial charge in [-0.1, -0.05) is 12.1 Å². The highest BCUT2D eigenvalue weighted by Crippen LogP contribution is 2.38. The molecule has 0 amide bonds. The highest BCUT2D eigenvalue weighted by Gasteiger charge is 2.34. The lowest BCUT2D eigenvalue weighted by Gasteiger charge is -2.14. The maximum absolute atomic E-state index is 13.0. The number of nitriles is 1. The number of hydrogen-bond donors (Lipinski definition) is 0. The van der Waals surface area contributed by atoms with Crippen LogP contribution >= 0.6 is 0 Å². The predicted octanol–water partition coefficient (Wildman–Crippen LogP) is 5.26. The van der Waals surface area contributed by atoms with Crippen molar-refractivity contribution in [3.63, 3.8) is 0 Å². The van der Waals surface area contributed by atoms with Crippen molar-refractivity contribution in [3.05, 3.63) is 59.2 Å².